The van der Waals surface area contributed by atoms with Gasteiger partial charge in [0.1, 0.15) is 0 Å². The van der Waals surface area contributed by atoms with Gasteiger partial charge in [0.05, 0.1) is 4.92 Å². The third-order valence-electron chi connectivity index (χ3n) is 6.27. The molecule has 0 atom stereocenters. The fraction of sp³-hybridized carbons (Fsp3) is 0.611. The Morgan fingerprint density at radius 1 is 1.13 bits per heavy atom. The summed E-state index contributed by atoms with van der Waals surface area (Å²) in [4.78, 5) is 23.3. The summed E-state index contributed by atoms with van der Waals surface area (Å²) in [6.45, 7) is 1.66. The quantitative estimate of drug-likeness (QED) is 0.686. The molecule has 0 radical (unpaired) electrons. The molecule has 4 saturated carbocycles. The van der Waals surface area contributed by atoms with Crippen molar-refractivity contribution in [3.05, 3.63) is 39.4 Å². The molecule has 0 heterocycles. The van der Waals surface area contributed by atoms with E-state index in [0.29, 0.717) is 23.0 Å². The second-order valence-electron chi connectivity index (χ2n) is 7.64. The van der Waals surface area contributed by atoms with Crippen molar-refractivity contribution in [3.63, 3.8) is 0 Å². The Morgan fingerprint density at radius 3 is 2.30 bits per heavy atom. The van der Waals surface area contributed by atoms with Gasteiger partial charge in [0.2, 0.25) is 0 Å². The molecule has 4 aliphatic carbocycles. The molecule has 4 bridgehead atoms. The molecule has 5 rings (SSSR count). The lowest BCUT2D eigenvalue weighted by molar-refractivity contribution is -0.385. The van der Waals surface area contributed by atoms with Gasteiger partial charge in [-0.05, 0) is 68.8 Å². The Hall–Kier alpha value is -1.91. The van der Waals surface area contributed by atoms with Gasteiger partial charge in [-0.3, -0.25) is 14.9 Å². The molecular formula is C18H22N2O3. The number of carbonyl (C=O) groups excluding carboxylic acids is 1. The molecule has 0 aliphatic heterocycles. The van der Waals surface area contributed by atoms with E-state index in [1.54, 1.807) is 19.1 Å². The summed E-state index contributed by atoms with van der Waals surface area (Å²) in [5.74, 6) is 2.79. The number of nitrogens with zero attached hydrogens (tertiary/aromatic N) is 1. The normalized spacial score (nSPS) is 34.4. The summed E-state index contributed by atoms with van der Waals surface area (Å²) in [7, 11) is 0. The average Bonchev–Trinajstić information content (AvgIpc) is 2.50. The van der Waals surface area contributed by atoms with Gasteiger partial charge < -0.3 is 5.32 Å². The van der Waals surface area contributed by atoms with E-state index >= 15 is 0 Å². The van der Waals surface area contributed by atoms with Crippen molar-refractivity contribution in [2.75, 3.05) is 0 Å². The highest BCUT2D eigenvalue weighted by molar-refractivity contribution is 5.96. The number of hydrogen-bond acceptors (Lipinski definition) is 3. The van der Waals surface area contributed by atoms with E-state index in [1.807, 2.05) is 0 Å². The maximum atomic E-state index is 12.7. The third kappa shape index (κ3) is 2.42. The Bertz CT molecular complexity index is 642. The lowest BCUT2D eigenvalue weighted by Gasteiger charge is -2.54. The van der Waals surface area contributed by atoms with Gasteiger partial charge in [-0.15, -0.1) is 0 Å². The molecular weight excluding hydrogens is 292 g/mol. The zero-order chi connectivity index (χ0) is 16.1. The standard InChI is InChI=1S/C18H22N2O3/c1-10-15(3-2-4-16(10)20(22)23)18(21)19-17-13-6-11-5-12(8-13)9-14(17)7-11/h2-4,11-14,17H,5-9H2,1H3,(H,19,21). The summed E-state index contributed by atoms with van der Waals surface area (Å²) < 4.78 is 0. The van der Waals surface area contributed by atoms with E-state index in [9.17, 15) is 14.9 Å². The second kappa shape index (κ2) is 5.32. The van der Waals surface area contributed by atoms with Crippen LogP contribution in [-0.2, 0) is 0 Å². The van der Waals surface area contributed by atoms with E-state index in [-0.39, 0.29) is 17.6 Å². The van der Waals surface area contributed by atoms with Crippen LogP contribution in [0.25, 0.3) is 0 Å². The van der Waals surface area contributed by atoms with Crippen LogP contribution in [-0.4, -0.2) is 16.9 Å². The van der Waals surface area contributed by atoms with E-state index in [1.165, 1.54) is 38.2 Å². The van der Waals surface area contributed by atoms with Crippen LogP contribution >= 0.6 is 0 Å². The maximum Gasteiger partial charge on any atom is 0.273 e. The van der Waals surface area contributed by atoms with E-state index in [2.05, 4.69) is 5.32 Å². The Balaban J connectivity index is 1.55. The molecule has 0 aromatic heterocycles. The number of nitrogens with one attached hydrogen (secondary N) is 1. The Labute approximate surface area is 135 Å². The minimum absolute atomic E-state index is 0.0164. The van der Waals surface area contributed by atoms with Gasteiger partial charge in [0.15, 0.2) is 0 Å². The zero-order valence-electron chi connectivity index (χ0n) is 13.3. The van der Waals surface area contributed by atoms with E-state index < -0.39 is 4.92 Å². The van der Waals surface area contributed by atoms with Crippen molar-refractivity contribution in [2.24, 2.45) is 23.7 Å². The van der Waals surface area contributed by atoms with E-state index in [4.69, 9.17) is 0 Å². The van der Waals surface area contributed by atoms with Crippen molar-refractivity contribution in [1.29, 1.82) is 0 Å². The van der Waals surface area contributed by atoms with Gasteiger partial charge in [0, 0.05) is 23.2 Å². The van der Waals surface area contributed by atoms with Crippen LogP contribution in [0.3, 0.4) is 0 Å². The molecule has 0 unspecified atom stereocenters. The van der Waals surface area contributed by atoms with Crippen LogP contribution in [0.1, 0.15) is 48.0 Å². The Kier molecular flexibility index (Phi) is 3.39. The van der Waals surface area contributed by atoms with Crippen molar-refractivity contribution in [1.82, 2.24) is 5.32 Å². The molecule has 4 aliphatic rings. The molecule has 4 fully saturated rings. The highest BCUT2D eigenvalue weighted by atomic mass is 16.6. The number of rotatable bonds is 3. The van der Waals surface area contributed by atoms with Crippen LogP contribution < -0.4 is 5.32 Å². The van der Waals surface area contributed by atoms with Crippen LogP contribution in [0.2, 0.25) is 0 Å². The highest BCUT2D eigenvalue weighted by Gasteiger charge is 2.48. The molecule has 122 valence electrons. The summed E-state index contributed by atoms with van der Waals surface area (Å²) in [6, 6.07) is 4.99. The van der Waals surface area contributed by atoms with Gasteiger partial charge in [0.25, 0.3) is 11.6 Å². The predicted molar refractivity (Wildman–Crippen MR) is 86.1 cm³/mol. The van der Waals surface area contributed by atoms with Crippen LogP contribution in [0.4, 0.5) is 5.69 Å². The Morgan fingerprint density at radius 2 is 1.74 bits per heavy atom. The number of hydrogen-bond donors (Lipinski definition) is 1. The number of carbonyl (C=O) groups is 1. The molecule has 5 heteroatoms. The van der Waals surface area contributed by atoms with Crippen molar-refractivity contribution in [3.8, 4) is 0 Å². The maximum absolute atomic E-state index is 12.7. The first-order valence-electron chi connectivity index (χ1n) is 8.57. The first-order chi connectivity index (χ1) is 11.0. The molecule has 0 saturated heterocycles. The monoisotopic (exact) mass is 314 g/mol. The first kappa shape index (κ1) is 14.7. The fourth-order valence-corrected chi connectivity index (χ4v) is 5.46. The fourth-order valence-electron chi connectivity index (χ4n) is 5.46. The number of nitro groups is 1. The molecule has 1 aromatic carbocycles. The predicted octanol–water partition coefficient (Wildman–Crippen LogP) is 3.46. The van der Waals surface area contributed by atoms with E-state index in [0.717, 1.165) is 11.8 Å². The topological polar surface area (TPSA) is 72.2 Å². The highest BCUT2D eigenvalue weighted by Crippen LogP contribution is 2.53. The minimum Gasteiger partial charge on any atom is -0.349 e. The van der Waals surface area contributed by atoms with Gasteiger partial charge in [-0.1, -0.05) is 6.07 Å². The molecule has 1 aromatic rings. The smallest absolute Gasteiger partial charge is 0.273 e. The first-order valence-corrected chi connectivity index (χ1v) is 8.57. The molecule has 0 spiro atoms. The number of benzene rings is 1. The third-order valence-corrected chi connectivity index (χ3v) is 6.27. The van der Waals surface area contributed by atoms with Crippen LogP contribution in [0.15, 0.2) is 18.2 Å². The van der Waals surface area contributed by atoms with Gasteiger partial charge >= 0.3 is 0 Å². The van der Waals surface area contributed by atoms with Crippen molar-refractivity contribution < 1.29 is 9.72 Å². The van der Waals surface area contributed by atoms with Gasteiger partial charge in [-0.25, -0.2) is 0 Å². The lowest BCUT2D eigenvalue weighted by atomic mass is 9.54. The molecule has 23 heavy (non-hydrogen) atoms. The summed E-state index contributed by atoms with van der Waals surface area (Å²) >= 11 is 0. The average molecular weight is 314 g/mol. The van der Waals surface area contributed by atoms with Crippen LogP contribution in [0, 0.1) is 40.7 Å². The molecule has 1 amide bonds. The zero-order valence-corrected chi connectivity index (χ0v) is 13.3. The summed E-state index contributed by atoms with van der Waals surface area (Å²) in [5.41, 5.74) is 0.912. The molecule has 1 N–H and O–H groups in total. The van der Waals surface area contributed by atoms with Crippen molar-refractivity contribution >= 4 is 11.6 Å². The summed E-state index contributed by atoms with van der Waals surface area (Å²) in [6.07, 6.45) is 6.35. The van der Waals surface area contributed by atoms with Gasteiger partial charge in [-0.2, -0.15) is 0 Å². The number of amides is 1. The number of nitro benzene ring substituents is 1. The largest absolute Gasteiger partial charge is 0.349 e. The second-order valence-corrected chi connectivity index (χ2v) is 7.64. The van der Waals surface area contributed by atoms with Crippen molar-refractivity contribution in [2.45, 2.75) is 45.1 Å². The summed E-state index contributed by atoms with van der Waals surface area (Å²) in [5, 5.41) is 14.3. The van der Waals surface area contributed by atoms with Crippen LogP contribution in [0.5, 0.6) is 0 Å². The minimum atomic E-state index is -0.422. The molecule has 5 nitrogen and oxygen atoms in total. The lowest BCUT2D eigenvalue weighted by Crippen LogP contribution is -2.55. The SMILES string of the molecule is Cc1c(C(=O)NC2C3CC4CC(C3)CC2C4)cccc1[N+](=O)[O-].